The molecule has 0 bridgehead atoms. The zero-order chi connectivity index (χ0) is 16.3. The van der Waals surface area contributed by atoms with Gasteiger partial charge in [-0.25, -0.2) is 0 Å². The number of hydrogen-bond donors (Lipinski definition) is 0. The Labute approximate surface area is 147 Å². The van der Waals surface area contributed by atoms with Crippen molar-refractivity contribution in [3.8, 4) is 0 Å². The van der Waals surface area contributed by atoms with Crippen LogP contribution >= 0.6 is 31.9 Å². The summed E-state index contributed by atoms with van der Waals surface area (Å²) in [5.74, 6) is -0.351. The van der Waals surface area contributed by atoms with Gasteiger partial charge in [0, 0.05) is 5.92 Å². The monoisotopic (exact) mass is 432 g/mol. The topological polar surface area (TPSA) is 47.3 Å². The first-order valence-electron chi connectivity index (χ1n) is 7.45. The Morgan fingerprint density at radius 3 is 2.64 bits per heavy atom. The Morgan fingerprint density at radius 2 is 2.05 bits per heavy atom. The van der Waals surface area contributed by atoms with Gasteiger partial charge in [-0.1, -0.05) is 19.8 Å². The molecule has 0 spiro atoms. The largest absolute Gasteiger partial charge is 0.451 e. The molecule has 1 aliphatic rings. The Balaban J connectivity index is 2.16. The Morgan fingerprint density at radius 1 is 1.41 bits per heavy atom. The van der Waals surface area contributed by atoms with Crippen molar-refractivity contribution >= 4 is 43.6 Å². The van der Waals surface area contributed by atoms with Gasteiger partial charge in [-0.05, 0) is 51.3 Å². The van der Waals surface area contributed by atoms with Gasteiger partial charge in [-0.3, -0.25) is 9.59 Å². The molecule has 0 amide bonds. The van der Waals surface area contributed by atoms with Crippen molar-refractivity contribution in [1.82, 2.24) is 0 Å². The van der Waals surface area contributed by atoms with E-state index in [9.17, 15) is 9.59 Å². The number of ether oxygens (including phenoxy) is 1. The van der Waals surface area contributed by atoms with Crippen LogP contribution in [0.1, 0.15) is 39.5 Å². The molecule has 6 heteroatoms. The lowest BCUT2D eigenvalue weighted by molar-refractivity contribution is -0.686. The maximum absolute atomic E-state index is 12.7. The number of aromatic nitrogens is 1. The normalized spacial score (nSPS) is 24.4. The summed E-state index contributed by atoms with van der Waals surface area (Å²) in [4.78, 5) is 24.5. The fourth-order valence-electron chi connectivity index (χ4n) is 2.84. The van der Waals surface area contributed by atoms with E-state index in [0.717, 1.165) is 28.2 Å². The SMILES string of the molecule is CCCCC1CC(=O)OC1(C)C(=O)C[n+]1cc(Br)cc(Br)c1. The molecule has 1 saturated heterocycles. The number of unbranched alkanes of at least 4 members (excludes halogenated alkanes) is 1. The van der Waals surface area contributed by atoms with Crippen molar-refractivity contribution in [3.63, 3.8) is 0 Å². The highest BCUT2D eigenvalue weighted by Crippen LogP contribution is 2.37. The van der Waals surface area contributed by atoms with Gasteiger partial charge < -0.3 is 4.74 Å². The molecule has 2 rings (SSSR count). The Kier molecular flexibility index (Phi) is 5.77. The zero-order valence-electron chi connectivity index (χ0n) is 12.8. The summed E-state index contributed by atoms with van der Waals surface area (Å²) < 4.78 is 8.98. The molecule has 0 saturated carbocycles. The number of ketones is 1. The minimum Gasteiger partial charge on any atom is -0.451 e. The molecule has 1 aromatic rings. The van der Waals surface area contributed by atoms with E-state index in [1.807, 2.05) is 18.5 Å². The second-order valence-corrected chi connectivity index (χ2v) is 7.72. The quantitative estimate of drug-likeness (QED) is 0.508. The lowest BCUT2D eigenvalue weighted by atomic mass is 9.82. The number of carbonyl (C=O) groups excluding carboxylic acids is 2. The number of hydrogen-bond acceptors (Lipinski definition) is 3. The van der Waals surface area contributed by atoms with E-state index in [0.29, 0.717) is 6.42 Å². The summed E-state index contributed by atoms with van der Waals surface area (Å²) in [6.45, 7) is 4.05. The van der Waals surface area contributed by atoms with Gasteiger partial charge in [0.1, 0.15) is 0 Å². The number of pyridine rings is 1. The fourth-order valence-corrected chi connectivity index (χ4v) is 4.17. The predicted octanol–water partition coefficient (Wildman–Crippen LogP) is 3.58. The lowest BCUT2D eigenvalue weighted by Crippen LogP contribution is -2.49. The van der Waals surface area contributed by atoms with E-state index in [4.69, 9.17) is 4.74 Å². The van der Waals surface area contributed by atoms with Gasteiger partial charge in [0.25, 0.3) is 0 Å². The van der Waals surface area contributed by atoms with E-state index in [1.54, 1.807) is 11.5 Å². The van der Waals surface area contributed by atoms with Crippen molar-refractivity contribution in [2.75, 3.05) is 0 Å². The Bertz CT molecular complexity index is 571. The average Bonchev–Trinajstić information content (AvgIpc) is 2.71. The summed E-state index contributed by atoms with van der Waals surface area (Å²) >= 11 is 6.82. The van der Waals surface area contributed by atoms with Crippen molar-refractivity contribution in [3.05, 3.63) is 27.4 Å². The highest BCUT2D eigenvalue weighted by Gasteiger charge is 2.51. The van der Waals surface area contributed by atoms with E-state index >= 15 is 0 Å². The molecule has 2 atom stereocenters. The van der Waals surface area contributed by atoms with Crippen LogP contribution in [-0.4, -0.2) is 17.4 Å². The molecular weight excluding hydrogens is 414 g/mol. The van der Waals surface area contributed by atoms with Crippen LogP contribution in [0, 0.1) is 5.92 Å². The van der Waals surface area contributed by atoms with Crippen LogP contribution in [0.5, 0.6) is 0 Å². The maximum atomic E-state index is 12.7. The lowest BCUT2D eigenvalue weighted by Gasteiger charge is -2.26. The number of Topliss-reactive ketones (excluding diaryl/α,β-unsaturated/α-hetero) is 1. The molecule has 1 fully saturated rings. The third-order valence-corrected chi connectivity index (χ3v) is 5.03. The maximum Gasteiger partial charge on any atom is 0.307 e. The van der Waals surface area contributed by atoms with Crippen LogP contribution in [0.4, 0.5) is 0 Å². The molecule has 4 nitrogen and oxygen atoms in total. The van der Waals surface area contributed by atoms with E-state index in [1.165, 1.54) is 0 Å². The smallest absolute Gasteiger partial charge is 0.307 e. The summed E-state index contributed by atoms with van der Waals surface area (Å²) in [5.41, 5.74) is -1.01. The second-order valence-electron chi connectivity index (χ2n) is 5.89. The number of halogens is 2. The van der Waals surface area contributed by atoms with Crippen LogP contribution in [0.15, 0.2) is 27.4 Å². The molecule has 1 aliphatic heterocycles. The molecule has 22 heavy (non-hydrogen) atoms. The molecule has 2 heterocycles. The molecule has 120 valence electrons. The van der Waals surface area contributed by atoms with Crippen molar-refractivity contribution < 1.29 is 18.9 Å². The first-order valence-corrected chi connectivity index (χ1v) is 9.04. The standard InChI is InChI=1S/C16H20Br2NO3/c1-3-4-5-11-6-15(21)22-16(11,2)14(20)10-19-8-12(17)7-13(18)9-19/h7-9,11H,3-6,10H2,1-2H3/q+1. The van der Waals surface area contributed by atoms with Crippen LogP contribution in [-0.2, 0) is 20.9 Å². The van der Waals surface area contributed by atoms with Gasteiger partial charge in [-0.2, -0.15) is 4.57 Å². The average molecular weight is 434 g/mol. The van der Waals surface area contributed by atoms with Crippen LogP contribution in [0.2, 0.25) is 0 Å². The minimum absolute atomic E-state index is 0.0244. The predicted molar refractivity (Wildman–Crippen MR) is 89.2 cm³/mol. The third kappa shape index (κ3) is 3.96. The number of rotatable bonds is 6. The molecular formula is C16H20Br2NO3+. The van der Waals surface area contributed by atoms with Crippen molar-refractivity contribution in [2.45, 2.75) is 51.7 Å². The van der Waals surface area contributed by atoms with Gasteiger partial charge >= 0.3 is 5.97 Å². The van der Waals surface area contributed by atoms with Crippen molar-refractivity contribution in [1.29, 1.82) is 0 Å². The van der Waals surface area contributed by atoms with Gasteiger partial charge in [0.05, 0.1) is 15.4 Å². The Hall–Kier alpha value is -0.750. The molecule has 0 aliphatic carbocycles. The highest BCUT2D eigenvalue weighted by atomic mass is 79.9. The summed E-state index contributed by atoms with van der Waals surface area (Å²) in [7, 11) is 0. The van der Waals surface area contributed by atoms with Crippen LogP contribution in [0.3, 0.4) is 0 Å². The van der Waals surface area contributed by atoms with E-state index in [-0.39, 0.29) is 24.2 Å². The number of nitrogens with zero attached hydrogens (tertiary/aromatic N) is 1. The zero-order valence-corrected chi connectivity index (χ0v) is 15.9. The van der Waals surface area contributed by atoms with Crippen molar-refractivity contribution in [2.24, 2.45) is 5.92 Å². The molecule has 0 N–H and O–H groups in total. The first-order chi connectivity index (χ1) is 10.3. The van der Waals surface area contributed by atoms with E-state index in [2.05, 4.69) is 38.8 Å². The highest BCUT2D eigenvalue weighted by molar-refractivity contribution is 9.11. The number of cyclic esters (lactones) is 1. The summed E-state index contributed by atoms with van der Waals surface area (Å²) in [5, 5.41) is 0. The molecule has 1 aromatic heterocycles. The molecule has 2 unspecified atom stereocenters. The van der Waals surface area contributed by atoms with Gasteiger partial charge in [-0.15, -0.1) is 0 Å². The number of carbonyl (C=O) groups is 2. The van der Waals surface area contributed by atoms with Gasteiger partial charge in [0.2, 0.25) is 12.3 Å². The number of esters is 1. The third-order valence-electron chi connectivity index (χ3n) is 4.16. The van der Waals surface area contributed by atoms with Crippen LogP contribution < -0.4 is 4.57 Å². The first kappa shape index (κ1) is 17.6. The molecule has 0 aromatic carbocycles. The minimum atomic E-state index is -1.01. The summed E-state index contributed by atoms with van der Waals surface area (Å²) in [6, 6.07) is 1.91. The molecule has 0 radical (unpaired) electrons. The van der Waals surface area contributed by atoms with E-state index < -0.39 is 5.60 Å². The fraction of sp³-hybridized carbons (Fsp3) is 0.562. The second kappa shape index (κ2) is 7.21. The van der Waals surface area contributed by atoms with Crippen LogP contribution in [0.25, 0.3) is 0 Å². The summed E-state index contributed by atoms with van der Waals surface area (Å²) in [6.07, 6.45) is 6.90. The van der Waals surface area contributed by atoms with Gasteiger partial charge in [0.15, 0.2) is 18.0 Å².